The van der Waals surface area contributed by atoms with Crippen LogP contribution in [-0.2, 0) is 4.79 Å². The van der Waals surface area contributed by atoms with Crippen LogP contribution in [0.1, 0.15) is 18.2 Å². The number of nitrogens with two attached hydrogens (primary N) is 1. The van der Waals surface area contributed by atoms with Gasteiger partial charge in [-0.3, -0.25) is 9.78 Å². The Hall–Kier alpha value is -1.49. The summed E-state index contributed by atoms with van der Waals surface area (Å²) in [5.74, 6) is -1.50. The number of carboxylic acids is 1. The van der Waals surface area contributed by atoms with Gasteiger partial charge in [0.05, 0.1) is 18.2 Å². The summed E-state index contributed by atoms with van der Waals surface area (Å²) in [6, 6.07) is 1.55. The van der Waals surface area contributed by atoms with Crippen LogP contribution >= 0.6 is 0 Å². The zero-order valence-corrected chi connectivity index (χ0v) is 6.77. The van der Waals surface area contributed by atoms with Gasteiger partial charge in [-0.25, -0.2) is 4.39 Å². The average molecular weight is 184 g/mol. The second kappa shape index (κ2) is 3.95. The van der Waals surface area contributed by atoms with Crippen LogP contribution in [0.5, 0.6) is 0 Å². The van der Waals surface area contributed by atoms with Crippen molar-refractivity contribution in [1.29, 1.82) is 0 Å². The Morgan fingerprint density at radius 1 is 1.77 bits per heavy atom. The number of carboxylic acid groups (broad SMARTS) is 1. The van der Waals surface area contributed by atoms with Gasteiger partial charge in [0.25, 0.3) is 0 Å². The molecule has 0 fully saturated rings. The maximum Gasteiger partial charge on any atom is 0.305 e. The van der Waals surface area contributed by atoms with Crippen molar-refractivity contribution in [3.05, 3.63) is 29.8 Å². The van der Waals surface area contributed by atoms with E-state index in [4.69, 9.17) is 10.8 Å². The minimum Gasteiger partial charge on any atom is -0.481 e. The minimum atomic E-state index is -1.03. The Morgan fingerprint density at radius 3 is 3.00 bits per heavy atom. The van der Waals surface area contributed by atoms with E-state index in [0.29, 0.717) is 0 Å². The highest BCUT2D eigenvalue weighted by Crippen LogP contribution is 2.11. The van der Waals surface area contributed by atoms with Gasteiger partial charge >= 0.3 is 5.97 Å². The molecule has 0 bridgehead atoms. The van der Waals surface area contributed by atoms with Crippen molar-refractivity contribution in [2.75, 3.05) is 0 Å². The van der Waals surface area contributed by atoms with E-state index in [2.05, 4.69) is 4.98 Å². The molecule has 3 N–H and O–H groups in total. The molecule has 0 aromatic carbocycles. The molecule has 1 aromatic heterocycles. The predicted octanol–water partition coefficient (Wildman–Crippen LogP) is 0.695. The van der Waals surface area contributed by atoms with Crippen molar-refractivity contribution in [3.8, 4) is 0 Å². The quantitative estimate of drug-likeness (QED) is 0.724. The molecule has 1 rings (SSSR count). The van der Waals surface area contributed by atoms with Crippen molar-refractivity contribution in [2.24, 2.45) is 5.73 Å². The summed E-state index contributed by atoms with van der Waals surface area (Å²) in [6.45, 7) is 0. The third-order valence-corrected chi connectivity index (χ3v) is 1.52. The Kier molecular flexibility index (Phi) is 2.92. The molecular formula is C8H9FN2O2. The molecule has 0 spiro atoms. The third kappa shape index (κ3) is 2.79. The van der Waals surface area contributed by atoms with E-state index in [9.17, 15) is 9.18 Å². The van der Waals surface area contributed by atoms with E-state index in [1.54, 1.807) is 0 Å². The van der Waals surface area contributed by atoms with Crippen molar-refractivity contribution >= 4 is 5.97 Å². The Balaban J connectivity index is 2.76. The number of aliphatic carboxylic acids is 1. The van der Waals surface area contributed by atoms with Gasteiger partial charge in [0, 0.05) is 6.20 Å². The first-order valence-electron chi connectivity index (χ1n) is 3.68. The summed E-state index contributed by atoms with van der Waals surface area (Å²) >= 11 is 0. The molecule has 0 amide bonds. The highest BCUT2D eigenvalue weighted by atomic mass is 19.1. The number of halogens is 1. The summed E-state index contributed by atoms with van der Waals surface area (Å²) in [5.41, 5.74) is 5.71. The van der Waals surface area contributed by atoms with Crippen LogP contribution in [0.25, 0.3) is 0 Å². The summed E-state index contributed by atoms with van der Waals surface area (Å²) in [4.78, 5) is 14.0. The normalized spacial score (nSPS) is 12.5. The lowest BCUT2D eigenvalue weighted by molar-refractivity contribution is -0.137. The van der Waals surface area contributed by atoms with Gasteiger partial charge in [0.2, 0.25) is 0 Å². The molecule has 4 nitrogen and oxygen atoms in total. The van der Waals surface area contributed by atoms with E-state index < -0.39 is 17.8 Å². The van der Waals surface area contributed by atoms with Gasteiger partial charge < -0.3 is 10.8 Å². The van der Waals surface area contributed by atoms with Crippen LogP contribution in [0.2, 0.25) is 0 Å². The second-order valence-corrected chi connectivity index (χ2v) is 2.60. The SMILES string of the molecule is NC(CC(=O)O)c1cc(F)ccn1. The summed E-state index contributed by atoms with van der Waals surface area (Å²) in [7, 11) is 0. The molecule has 13 heavy (non-hydrogen) atoms. The Morgan fingerprint density at radius 2 is 2.46 bits per heavy atom. The maximum atomic E-state index is 12.6. The molecular weight excluding hydrogens is 175 g/mol. The van der Waals surface area contributed by atoms with Crippen LogP contribution in [0.15, 0.2) is 18.3 Å². The number of hydrogen-bond acceptors (Lipinski definition) is 3. The topological polar surface area (TPSA) is 76.2 Å². The van der Waals surface area contributed by atoms with Gasteiger partial charge in [-0.2, -0.15) is 0 Å². The molecule has 5 heteroatoms. The summed E-state index contributed by atoms with van der Waals surface area (Å²) in [5, 5.41) is 8.41. The summed E-state index contributed by atoms with van der Waals surface area (Å²) < 4.78 is 12.6. The highest BCUT2D eigenvalue weighted by Gasteiger charge is 2.11. The van der Waals surface area contributed by atoms with Crippen molar-refractivity contribution in [3.63, 3.8) is 0 Å². The molecule has 0 aliphatic heterocycles. The van der Waals surface area contributed by atoms with E-state index in [0.717, 1.165) is 6.07 Å². The van der Waals surface area contributed by atoms with E-state index >= 15 is 0 Å². The lowest BCUT2D eigenvalue weighted by Crippen LogP contribution is -2.16. The first-order valence-corrected chi connectivity index (χ1v) is 3.68. The van der Waals surface area contributed by atoms with E-state index in [1.807, 2.05) is 0 Å². The molecule has 1 atom stereocenters. The minimum absolute atomic E-state index is 0.252. The third-order valence-electron chi connectivity index (χ3n) is 1.52. The molecule has 0 saturated heterocycles. The number of aromatic nitrogens is 1. The van der Waals surface area contributed by atoms with Crippen molar-refractivity contribution in [1.82, 2.24) is 4.98 Å². The fraction of sp³-hybridized carbons (Fsp3) is 0.250. The van der Waals surface area contributed by atoms with E-state index in [1.165, 1.54) is 12.3 Å². The second-order valence-electron chi connectivity index (χ2n) is 2.60. The molecule has 70 valence electrons. The van der Waals surface area contributed by atoms with Crippen LogP contribution in [-0.4, -0.2) is 16.1 Å². The van der Waals surface area contributed by atoms with Gasteiger partial charge in [0.15, 0.2) is 0 Å². The fourth-order valence-electron chi connectivity index (χ4n) is 0.917. The standard InChI is InChI=1S/C8H9FN2O2/c9-5-1-2-11-7(3-5)6(10)4-8(12)13/h1-3,6H,4,10H2,(H,12,13). The first-order chi connectivity index (χ1) is 6.09. The molecule has 1 aromatic rings. The number of rotatable bonds is 3. The maximum absolute atomic E-state index is 12.6. The van der Waals surface area contributed by atoms with Crippen LogP contribution in [0.3, 0.4) is 0 Å². The molecule has 0 saturated carbocycles. The molecule has 0 aliphatic rings. The van der Waals surface area contributed by atoms with Crippen LogP contribution in [0, 0.1) is 5.82 Å². The van der Waals surface area contributed by atoms with Crippen LogP contribution in [0.4, 0.5) is 4.39 Å². The molecule has 1 unspecified atom stereocenters. The van der Waals surface area contributed by atoms with Gasteiger partial charge in [-0.1, -0.05) is 0 Å². The van der Waals surface area contributed by atoms with Crippen molar-refractivity contribution < 1.29 is 14.3 Å². The Labute approximate surface area is 74.2 Å². The summed E-state index contributed by atoms with van der Waals surface area (Å²) in [6.07, 6.45) is 1.00. The molecule has 1 heterocycles. The van der Waals surface area contributed by atoms with E-state index in [-0.39, 0.29) is 12.1 Å². The highest BCUT2D eigenvalue weighted by molar-refractivity contribution is 5.67. The predicted molar refractivity (Wildman–Crippen MR) is 43.4 cm³/mol. The first kappa shape index (κ1) is 9.60. The van der Waals surface area contributed by atoms with Crippen LogP contribution < -0.4 is 5.73 Å². The van der Waals surface area contributed by atoms with Gasteiger partial charge in [-0.05, 0) is 12.1 Å². The monoisotopic (exact) mass is 184 g/mol. The number of carbonyl (C=O) groups is 1. The Bertz CT molecular complexity index is 317. The fourth-order valence-corrected chi connectivity index (χ4v) is 0.917. The zero-order chi connectivity index (χ0) is 9.84. The zero-order valence-electron chi connectivity index (χ0n) is 6.77. The number of nitrogens with zero attached hydrogens (tertiary/aromatic N) is 1. The van der Waals surface area contributed by atoms with Gasteiger partial charge in [-0.15, -0.1) is 0 Å². The molecule has 0 aliphatic carbocycles. The lowest BCUT2D eigenvalue weighted by Gasteiger charge is -2.07. The smallest absolute Gasteiger partial charge is 0.305 e. The molecule has 0 radical (unpaired) electrons. The number of hydrogen-bond donors (Lipinski definition) is 2. The van der Waals surface area contributed by atoms with Crippen molar-refractivity contribution in [2.45, 2.75) is 12.5 Å². The lowest BCUT2D eigenvalue weighted by atomic mass is 10.1. The van der Waals surface area contributed by atoms with Gasteiger partial charge in [0.1, 0.15) is 5.82 Å². The largest absolute Gasteiger partial charge is 0.481 e. The average Bonchev–Trinajstić information content (AvgIpc) is 2.03. The number of pyridine rings is 1.